The van der Waals surface area contributed by atoms with Gasteiger partial charge in [0.15, 0.2) is 0 Å². The zero-order valence-corrected chi connectivity index (χ0v) is 14.6. The maximum absolute atomic E-state index is 12.9. The molecular formula is C19H21ClFN3O. The molecule has 2 aromatic carbocycles. The van der Waals surface area contributed by atoms with Crippen molar-refractivity contribution < 1.29 is 9.18 Å². The molecule has 0 aliphatic carbocycles. The molecule has 4 nitrogen and oxygen atoms in total. The van der Waals surface area contributed by atoms with Gasteiger partial charge in [0.05, 0.1) is 6.04 Å². The fraction of sp³-hybridized carbons (Fsp3) is 0.316. The average molecular weight is 362 g/mol. The van der Waals surface area contributed by atoms with E-state index in [4.69, 9.17) is 11.6 Å². The summed E-state index contributed by atoms with van der Waals surface area (Å²) in [6.45, 7) is 2.45. The highest BCUT2D eigenvalue weighted by atomic mass is 35.5. The van der Waals surface area contributed by atoms with E-state index >= 15 is 0 Å². The lowest BCUT2D eigenvalue weighted by atomic mass is 10.1. The van der Waals surface area contributed by atoms with Crippen molar-refractivity contribution in [2.45, 2.75) is 18.9 Å². The van der Waals surface area contributed by atoms with Crippen LogP contribution in [-0.4, -0.2) is 30.6 Å². The van der Waals surface area contributed by atoms with Gasteiger partial charge in [0.1, 0.15) is 5.82 Å². The van der Waals surface area contributed by atoms with Crippen LogP contribution in [0.5, 0.6) is 0 Å². The molecule has 0 saturated carbocycles. The molecule has 2 aromatic rings. The molecule has 0 unspecified atom stereocenters. The Hall–Kier alpha value is -2.11. The Morgan fingerprint density at radius 3 is 2.48 bits per heavy atom. The number of nitrogens with one attached hydrogen (secondary N) is 2. The van der Waals surface area contributed by atoms with Gasteiger partial charge in [-0.15, -0.1) is 0 Å². The monoisotopic (exact) mass is 361 g/mol. The van der Waals surface area contributed by atoms with E-state index in [0.717, 1.165) is 31.5 Å². The van der Waals surface area contributed by atoms with Gasteiger partial charge in [0.25, 0.3) is 0 Å². The fourth-order valence-corrected chi connectivity index (χ4v) is 3.39. The molecule has 0 bridgehead atoms. The first kappa shape index (κ1) is 17.7. The van der Waals surface area contributed by atoms with E-state index in [-0.39, 0.29) is 17.9 Å². The number of rotatable bonds is 5. The Kier molecular flexibility index (Phi) is 5.89. The molecule has 6 heteroatoms. The van der Waals surface area contributed by atoms with E-state index in [1.807, 2.05) is 24.3 Å². The Labute approximate surface area is 152 Å². The number of carbonyl (C=O) groups is 1. The van der Waals surface area contributed by atoms with Gasteiger partial charge in [0, 0.05) is 17.3 Å². The summed E-state index contributed by atoms with van der Waals surface area (Å²) in [5, 5.41) is 6.33. The predicted octanol–water partition coefficient (Wildman–Crippen LogP) is 4.44. The molecule has 0 aromatic heterocycles. The van der Waals surface area contributed by atoms with Crippen molar-refractivity contribution in [1.29, 1.82) is 0 Å². The first-order valence-electron chi connectivity index (χ1n) is 8.42. The van der Waals surface area contributed by atoms with Crippen molar-refractivity contribution in [1.82, 2.24) is 10.2 Å². The van der Waals surface area contributed by atoms with Crippen LogP contribution in [0.3, 0.4) is 0 Å². The van der Waals surface area contributed by atoms with Crippen molar-refractivity contribution >= 4 is 23.3 Å². The van der Waals surface area contributed by atoms with Crippen LogP contribution in [0.15, 0.2) is 48.5 Å². The summed E-state index contributed by atoms with van der Waals surface area (Å²) in [5.74, 6) is -0.334. The number of benzene rings is 2. The first-order valence-corrected chi connectivity index (χ1v) is 8.80. The molecular weight excluding hydrogens is 341 g/mol. The Morgan fingerprint density at radius 1 is 1.12 bits per heavy atom. The molecule has 2 N–H and O–H groups in total. The fourth-order valence-electron chi connectivity index (χ4n) is 3.13. The highest BCUT2D eigenvalue weighted by Crippen LogP contribution is 2.29. The zero-order chi connectivity index (χ0) is 17.6. The predicted molar refractivity (Wildman–Crippen MR) is 98.4 cm³/mol. The van der Waals surface area contributed by atoms with Crippen LogP contribution in [0.4, 0.5) is 14.9 Å². The van der Waals surface area contributed by atoms with E-state index in [0.29, 0.717) is 17.3 Å². The maximum atomic E-state index is 12.9. The molecule has 132 valence electrons. The van der Waals surface area contributed by atoms with E-state index in [9.17, 15) is 9.18 Å². The summed E-state index contributed by atoms with van der Waals surface area (Å²) in [6.07, 6.45) is 2.31. The molecule has 1 heterocycles. The molecule has 1 aliphatic rings. The molecule has 1 aliphatic heterocycles. The van der Waals surface area contributed by atoms with Crippen molar-refractivity contribution in [2.75, 3.05) is 25.0 Å². The minimum absolute atomic E-state index is 0.0372. The van der Waals surface area contributed by atoms with E-state index in [2.05, 4.69) is 15.5 Å². The lowest BCUT2D eigenvalue weighted by Crippen LogP contribution is -2.38. The third-order valence-corrected chi connectivity index (χ3v) is 4.75. The topological polar surface area (TPSA) is 44.4 Å². The quantitative estimate of drug-likeness (QED) is 0.827. The Morgan fingerprint density at radius 2 is 1.80 bits per heavy atom. The summed E-state index contributed by atoms with van der Waals surface area (Å²) in [4.78, 5) is 14.5. The van der Waals surface area contributed by atoms with Crippen LogP contribution in [0.2, 0.25) is 5.02 Å². The van der Waals surface area contributed by atoms with Gasteiger partial charge in [-0.05, 0) is 61.8 Å². The third-order valence-electron chi connectivity index (χ3n) is 4.40. The van der Waals surface area contributed by atoms with Gasteiger partial charge in [-0.3, -0.25) is 4.90 Å². The first-order chi connectivity index (χ1) is 12.1. The lowest BCUT2D eigenvalue weighted by molar-refractivity contribution is 0.227. The van der Waals surface area contributed by atoms with Gasteiger partial charge < -0.3 is 10.6 Å². The molecule has 3 rings (SSSR count). The highest BCUT2D eigenvalue weighted by Gasteiger charge is 2.25. The van der Waals surface area contributed by atoms with Gasteiger partial charge in [0.2, 0.25) is 0 Å². The van der Waals surface area contributed by atoms with Crippen molar-refractivity contribution in [3.05, 3.63) is 64.9 Å². The number of hydrogen-bond acceptors (Lipinski definition) is 2. The molecule has 1 saturated heterocycles. The minimum atomic E-state index is -0.334. The second-order valence-electron chi connectivity index (χ2n) is 6.12. The number of likely N-dealkylation sites (tertiary alicyclic amines) is 1. The zero-order valence-electron chi connectivity index (χ0n) is 13.8. The second kappa shape index (κ2) is 8.32. The van der Waals surface area contributed by atoms with Crippen molar-refractivity contribution in [3.8, 4) is 0 Å². The van der Waals surface area contributed by atoms with E-state index in [1.165, 1.54) is 24.3 Å². The van der Waals surface area contributed by atoms with Gasteiger partial charge in [-0.25, -0.2) is 9.18 Å². The van der Waals surface area contributed by atoms with Crippen LogP contribution >= 0.6 is 11.6 Å². The number of carbonyl (C=O) groups excluding carboxylic acids is 1. The number of urea groups is 1. The summed E-state index contributed by atoms with van der Waals surface area (Å²) in [5.41, 5.74) is 1.57. The SMILES string of the molecule is O=C(NC[C@H](c1ccccc1Cl)N1CCCC1)Nc1ccc(F)cc1. The van der Waals surface area contributed by atoms with Crippen LogP contribution in [-0.2, 0) is 0 Å². The van der Waals surface area contributed by atoms with Crippen LogP contribution in [0.25, 0.3) is 0 Å². The maximum Gasteiger partial charge on any atom is 0.319 e. The number of anilines is 1. The average Bonchev–Trinajstić information content (AvgIpc) is 3.13. The molecule has 0 radical (unpaired) electrons. The lowest BCUT2D eigenvalue weighted by Gasteiger charge is -2.29. The molecule has 1 fully saturated rings. The number of halogens is 2. The molecule has 25 heavy (non-hydrogen) atoms. The van der Waals surface area contributed by atoms with Gasteiger partial charge in [-0.2, -0.15) is 0 Å². The summed E-state index contributed by atoms with van der Waals surface area (Å²) < 4.78 is 12.9. The van der Waals surface area contributed by atoms with Crippen LogP contribution in [0, 0.1) is 5.82 Å². The number of amides is 2. The van der Waals surface area contributed by atoms with E-state index in [1.54, 1.807) is 0 Å². The largest absolute Gasteiger partial charge is 0.336 e. The third kappa shape index (κ3) is 4.71. The van der Waals surface area contributed by atoms with E-state index < -0.39 is 0 Å². The Balaban J connectivity index is 1.65. The van der Waals surface area contributed by atoms with Crippen molar-refractivity contribution in [3.63, 3.8) is 0 Å². The molecule has 2 amide bonds. The molecule has 0 spiro atoms. The van der Waals surface area contributed by atoms with Crippen LogP contribution < -0.4 is 10.6 Å². The second-order valence-corrected chi connectivity index (χ2v) is 6.53. The Bertz CT molecular complexity index is 717. The minimum Gasteiger partial charge on any atom is -0.336 e. The van der Waals surface area contributed by atoms with Gasteiger partial charge >= 0.3 is 6.03 Å². The van der Waals surface area contributed by atoms with Crippen LogP contribution in [0.1, 0.15) is 24.4 Å². The summed E-state index contributed by atoms with van der Waals surface area (Å²) >= 11 is 6.37. The van der Waals surface area contributed by atoms with Gasteiger partial charge in [-0.1, -0.05) is 29.8 Å². The highest BCUT2D eigenvalue weighted by molar-refractivity contribution is 6.31. The number of hydrogen-bond donors (Lipinski definition) is 2. The van der Waals surface area contributed by atoms with Crippen molar-refractivity contribution in [2.24, 2.45) is 0 Å². The summed E-state index contributed by atoms with van der Waals surface area (Å²) in [7, 11) is 0. The smallest absolute Gasteiger partial charge is 0.319 e. The summed E-state index contributed by atoms with van der Waals surface area (Å²) in [6, 6.07) is 13.1. The number of nitrogens with zero attached hydrogens (tertiary/aromatic N) is 1. The molecule has 1 atom stereocenters. The standard InChI is InChI=1S/C19H21ClFN3O/c20-17-6-2-1-5-16(17)18(24-11-3-4-12-24)13-22-19(25)23-15-9-7-14(21)8-10-15/h1-2,5-10,18H,3-4,11-13H2,(H2,22,23,25)/t18-/m1/s1. The normalized spacial score (nSPS) is 15.8.